The van der Waals surface area contributed by atoms with Crippen LogP contribution in [0.25, 0.3) is 0 Å². The molecule has 1 saturated heterocycles. The number of carbonyl (C=O) groups excluding carboxylic acids is 1. The maximum atomic E-state index is 13.1. The van der Waals surface area contributed by atoms with E-state index in [1.54, 1.807) is 6.07 Å². The van der Waals surface area contributed by atoms with Crippen molar-refractivity contribution < 1.29 is 13.2 Å². The minimum atomic E-state index is -3.74. The van der Waals surface area contributed by atoms with Crippen LogP contribution in [0.15, 0.2) is 53.4 Å². The van der Waals surface area contributed by atoms with Crippen LogP contribution in [0.3, 0.4) is 0 Å². The third-order valence-electron chi connectivity index (χ3n) is 5.29. The molecular formula is C22H27ClN2O3S. The molecule has 2 aromatic rings. The van der Waals surface area contributed by atoms with Crippen LogP contribution in [-0.4, -0.2) is 31.7 Å². The number of benzene rings is 2. The molecule has 1 fully saturated rings. The van der Waals surface area contributed by atoms with E-state index in [4.69, 9.17) is 11.6 Å². The molecule has 1 aliphatic rings. The van der Waals surface area contributed by atoms with Crippen LogP contribution in [0.5, 0.6) is 0 Å². The van der Waals surface area contributed by atoms with Crippen molar-refractivity contribution in [2.75, 3.05) is 13.1 Å². The van der Waals surface area contributed by atoms with Crippen molar-refractivity contribution in [3.63, 3.8) is 0 Å². The van der Waals surface area contributed by atoms with Gasteiger partial charge in [-0.25, -0.2) is 8.42 Å². The first-order valence-electron chi connectivity index (χ1n) is 10.1. The lowest BCUT2D eigenvalue weighted by Gasteiger charge is -2.21. The second-order valence-electron chi connectivity index (χ2n) is 7.31. The molecule has 1 atom stereocenters. The van der Waals surface area contributed by atoms with Gasteiger partial charge in [-0.15, -0.1) is 0 Å². The second kappa shape index (κ2) is 9.74. The van der Waals surface area contributed by atoms with Gasteiger partial charge in [0, 0.05) is 18.7 Å². The maximum absolute atomic E-state index is 13.1. The number of amides is 1. The Labute approximate surface area is 178 Å². The summed E-state index contributed by atoms with van der Waals surface area (Å²) in [6.45, 7) is 2.97. The molecule has 156 valence electrons. The zero-order valence-corrected chi connectivity index (χ0v) is 18.2. The van der Waals surface area contributed by atoms with E-state index in [2.05, 4.69) is 5.32 Å². The van der Waals surface area contributed by atoms with Crippen molar-refractivity contribution in [3.05, 3.63) is 64.7 Å². The molecule has 3 rings (SSSR count). The Kier molecular flexibility index (Phi) is 7.33. The van der Waals surface area contributed by atoms with Crippen molar-refractivity contribution in [1.82, 2.24) is 9.62 Å². The Bertz CT molecular complexity index is 940. The largest absolute Gasteiger partial charge is 0.345 e. The Balaban J connectivity index is 1.85. The van der Waals surface area contributed by atoms with Gasteiger partial charge in [0.15, 0.2) is 0 Å². The number of sulfonamides is 1. The van der Waals surface area contributed by atoms with Crippen LogP contribution in [0.2, 0.25) is 5.02 Å². The van der Waals surface area contributed by atoms with E-state index < -0.39 is 10.0 Å². The van der Waals surface area contributed by atoms with Crippen molar-refractivity contribution in [2.45, 2.75) is 50.0 Å². The molecule has 2 aromatic carbocycles. The third kappa shape index (κ3) is 5.18. The molecule has 0 unspecified atom stereocenters. The summed E-state index contributed by atoms with van der Waals surface area (Å²) in [6, 6.07) is 14.0. The molecule has 0 radical (unpaired) electrons. The van der Waals surface area contributed by atoms with E-state index in [1.165, 1.54) is 16.4 Å². The summed E-state index contributed by atoms with van der Waals surface area (Å²) < 4.78 is 27.8. The van der Waals surface area contributed by atoms with Crippen LogP contribution in [0, 0.1) is 0 Å². The fourth-order valence-corrected chi connectivity index (χ4v) is 5.63. The van der Waals surface area contributed by atoms with Crippen molar-refractivity contribution >= 4 is 27.5 Å². The highest BCUT2D eigenvalue weighted by Crippen LogP contribution is 2.28. The van der Waals surface area contributed by atoms with E-state index in [0.717, 1.165) is 37.7 Å². The minimum absolute atomic E-state index is 0.00137. The first-order valence-corrected chi connectivity index (χ1v) is 11.9. The zero-order valence-electron chi connectivity index (χ0n) is 16.6. The van der Waals surface area contributed by atoms with Gasteiger partial charge in [-0.05, 0) is 43.0 Å². The number of carbonyl (C=O) groups is 1. The predicted octanol–water partition coefficient (Wildman–Crippen LogP) is 4.79. The summed E-state index contributed by atoms with van der Waals surface area (Å²) in [5, 5.41) is 3.14. The number of rotatable bonds is 6. The van der Waals surface area contributed by atoms with Gasteiger partial charge in [0.1, 0.15) is 4.90 Å². The van der Waals surface area contributed by atoms with Crippen LogP contribution >= 0.6 is 11.6 Å². The summed E-state index contributed by atoms with van der Waals surface area (Å²) in [7, 11) is -3.74. The number of hydrogen-bond donors (Lipinski definition) is 1. The highest BCUT2D eigenvalue weighted by atomic mass is 35.5. The van der Waals surface area contributed by atoms with Gasteiger partial charge in [0.25, 0.3) is 5.91 Å². The summed E-state index contributed by atoms with van der Waals surface area (Å²) in [4.78, 5) is 12.8. The highest BCUT2D eigenvalue weighted by Gasteiger charge is 2.28. The third-order valence-corrected chi connectivity index (χ3v) is 7.67. The van der Waals surface area contributed by atoms with Crippen molar-refractivity contribution in [3.8, 4) is 0 Å². The number of nitrogens with zero attached hydrogens (tertiary/aromatic N) is 1. The average molecular weight is 435 g/mol. The quantitative estimate of drug-likeness (QED) is 0.711. The van der Waals surface area contributed by atoms with Gasteiger partial charge in [-0.2, -0.15) is 4.31 Å². The number of hydrogen-bond acceptors (Lipinski definition) is 3. The highest BCUT2D eigenvalue weighted by molar-refractivity contribution is 7.89. The molecule has 7 heteroatoms. The van der Waals surface area contributed by atoms with Crippen LogP contribution in [0.4, 0.5) is 0 Å². The van der Waals surface area contributed by atoms with Crippen LogP contribution in [-0.2, 0) is 10.0 Å². The number of nitrogens with one attached hydrogen (secondary N) is 1. The van der Waals surface area contributed by atoms with E-state index in [9.17, 15) is 13.2 Å². The summed E-state index contributed by atoms with van der Waals surface area (Å²) in [5.74, 6) is -0.315. The Morgan fingerprint density at radius 2 is 1.72 bits per heavy atom. The van der Waals surface area contributed by atoms with E-state index in [0.29, 0.717) is 13.1 Å². The lowest BCUT2D eigenvalue weighted by Crippen LogP contribution is -2.32. The van der Waals surface area contributed by atoms with Gasteiger partial charge in [-0.1, -0.05) is 61.7 Å². The Morgan fingerprint density at radius 3 is 2.34 bits per heavy atom. The first-order chi connectivity index (χ1) is 13.9. The van der Waals surface area contributed by atoms with E-state index >= 15 is 0 Å². The lowest BCUT2D eigenvalue weighted by atomic mass is 10.0. The second-order valence-corrected chi connectivity index (χ2v) is 9.62. The lowest BCUT2D eigenvalue weighted by molar-refractivity contribution is 0.0935. The van der Waals surface area contributed by atoms with E-state index in [1.807, 2.05) is 37.3 Å². The monoisotopic (exact) mass is 434 g/mol. The predicted molar refractivity (Wildman–Crippen MR) is 116 cm³/mol. The molecule has 0 spiro atoms. The molecule has 0 aliphatic carbocycles. The average Bonchev–Trinajstić information content (AvgIpc) is 3.03. The first kappa shape index (κ1) is 21.8. The van der Waals surface area contributed by atoms with Gasteiger partial charge in [-0.3, -0.25) is 4.79 Å². The zero-order chi connectivity index (χ0) is 20.9. The molecular weight excluding hydrogens is 408 g/mol. The Hall–Kier alpha value is -1.89. The van der Waals surface area contributed by atoms with E-state index in [-0.39, 0.29) is 27.4 Å². The summed E-state index contributed by atoms with van der Waals surface area (Å²) >= 11 is 6.24. The Morgan fingerprint density at radius 1 is 1.07 bits per heavy atom. The molecule has 1 aliphatic heterocycles. The SMILES string of the molecule is CC[C@H](NC(=O)c1ccc(Cl)c(S(=O)(=O)N2CCCCCC2)c1)c1ccccc1. The van der Waals surface area contributed by atoms with Crippen LogP contribution in [0.1, 0.15) is 61.0 Å². The molecule has 0 aromatic heterocycles. The van der Waals surface area contributed by atoms with Crippen LogP contribution < -0.4 is 5.32 Å². The minimum Gasteiger partial charge on any atom is -0.345 e. The molecule has 1 N–H and O–H groups in total. The van der Waals surface area contributed by atoms with Gasteiger partial charge >= 0.3 is 0 Å². The molecule has 5 nitrogen and oxygen atoms in total. The molecule has 0 saturated carbocycles. The fourth-order valence-electron chi connectivity index (χ4n) is 3.61. The summed E-state index contributed by atoms with van der Waals surface area (Å²) in [6.07, 6.45) is 4.46. The molecule has 1 amide bonds. The van der Waals surface area contributed by atoms with Gasteiger partial charge in [0.05, 0.1) is 11.1 Å². The van der Waals surface area contributed by atoms with Crippen molar-refractivity contribution in [2.24, 2.45) is 0 Å². The summed E-state index contributed by atoms with van der Waals surface area (Å²) in [5.41, 5.74) is 1.30. The molecule has 1 heterocycles. The maximum Gasteiger partial charge on any atom is 0.251 e. The smallest absolute Gasteiger partial charge is 0.251 e. The van der Waals surface area contributed by atoms with Gasteiger partial charge in [0.2, 0.25) is 10.0 Å². The van der Waals surface area contributed by atoms with Gasteiger partial charge < -0.3 is 5.32 Å². The topological polar surface area (TPSA) is 66.5 Å². The molecule has 0 bridgehead atoms. The normalized spacial score (nSPS) is 16.8. The van der Waals surface area contributed by atoms with Crippen molar-refractivity contribution in [1.29, 1.82) is 0 Å². The molecule has 29 heavy (non-hydrogen) atoms. The standard InChI is InChI=1S/C22H27ClN2O3S/c1-2-20(17-10-6-5-7-11-17)24-22(26)18-12-13-19(23)21(16-18)29(27,28)25-14-8-3-4-9-15-25/h5-7,10-13,16,20H,2-4,8-9,14-15H2,1H3,(H,24,26)/t20-/m0/s1. The fraction of sp³-hybridized carbons (Fsp3) is 0.409. The number of halogens is 1.